The first-order valence-electron chi connectivity index (χ1n) is 11.3. The molecule has 2 aromatic rings. The number of hydrogen-bond acceptors (Lipinski definition) is 8. The van der Waals surface area contributed by atoms with E-state index < -0.39 is 29.8 Å². The highest BCUT2D eigenvalue weighted by molar-refractivity contribution is 5.96. The van der Waals surface area contributed by atoms with Crippen LogP contribution in [0.4, 0.5) is 0 Å². The number of rotatable bonds is 9. The number of aliphatic carboxylic acids is 1. The molecule has 9 heteroatoms. The third-order valence-electron chi connectivity index (χ3n) is 5.66. The van der Waals surface area contributed by atoms with Crippen molar-refractivity contribution in [3.8, 4) is 11.5 Å². The molecule has 0 heterocycles. The Kier molecular flexibility index (Phi) is 8.72. The lowest BCUT2D eigenvalue weighted by Crippen LogP contribution is -2.27. The van der Waals surface area contributed by atoms with Gasteiger partial charge in [0, 0.05) is 6.42 Å². The summed E-state index contributed by atoms with van der Waals surface area (Å²) in [6.07, 6.45) is 1.57. The standard InChI is InChI=1S/C26H26O9/c1-2-19(27)15-23(28)33-20-11-13-22(14-12-20)35-26(32)18-5-3-17(4-6-18)25(31)34-21-9-7-16(8-10-21)24(29)30/h3-6,11-14,16,21H,2,7-10,15H2,1H3,(H,29,30). The Bertz CT molecular complexity index is 1080. The summed E-state index contributed by atoms with van der Waals surface area (Å²) in [5.41, 5.74) is 0.492. The molecule has 184 valence electrons. The Morgan fingerprint density at radius 2 is 1.29 bits per heavy atom. The second-order valence-corrected chi connectivity index (χ2v) is 8.20. The minimum Gasteiger partial charge on any atom is -0.481 e. The molecule has 0 unspecified atom stereocenters. The summed E-state index contributed by atoms with van der Waals surface area (Å²) in [5, 5.41) is 9.05. The van der Waals surface area contributed by atoms with E-state index >= 15 is 0 Å². The molecule has 0 spiro atoms. The Labute approximate surface area is 202 Å². The van der Waals surface area contributed by atoms with Gasteiger partial charge in [-0.25, -0.2) is 9.59 Å². The zero-order chi connectivity index (χ0) is 25.4. The first-order valence-corrected chi connectivity index (χ1v) is 11.3. The minimum absolute atomic E-state index is 0.220. The summed E-state index contributed by atoms with van der Waals surface area (Å²) in [6, 6.07) is 11.6. The molecule has 1 N–H and O–H groups in total. The van der Waals surface area contributed by atoms with E-state index in [9.17, 15) is 24.0 Å². The second-order valence-electron chi connectivity index (χ2n) is 8.20. The molecule has 9 nitrogen and oxygen atoms in total. The summed E-state index contributed by atoms with van der Waals surface area (Å²) in [4.78, 5) is 58.8. The van der Waals surface area contributed by atoms with Gasteiger partial charge in [-0.05, 0) is 74.2 Å². The molecule has 0 bridgehead atoms. The van der Waals surface area contributed by atoms with E-state index in [0.29, 0.717) is 25.7 Å². The van der Waals surface area contributed by atoms with Crippen LogP contribution in [-0.4, -0.2) is 40.9 Å². The van der Waals surface area contributed by atoms with Crippen molar-refractivity contribution in [2.24, 2.45) is 5.92 Å². The fourth-order valence-corrected chi connectivity index (χ4v) is 3.58. The molecule has 0 aliphatic heterocycles. The lowest BCUT2D eigenvalue weighted by Gasteiger charge is -2.25. The topological polar surface area (TPSA) is 133 Å². The van der Waals surface area contributed by atoms with Crippen molar-refractivity contribution in [3.63, 3.8) is 0 Å². The van der Waals surface area contributed by atoms with Crippen molar-refractivity contribution >= 4 is 29.7 Å². The molecule has 0 aromatic heterocycles. The first kappa shape index (κ1) is 25.6. The van der Waals surface area contributed by atoms with Gasteiger partial charge in [0.15, 0.2) is 0 Å². The summed E-state index contributed by atoms with van der Waals surface area (Å²) in [6.45, 7) is 1.66. The number of esters is 3. The van der Waals surface area contributed by atoms with Crippen molar-refractivity contribution in [1.82, 2.24) is 0 Å². The molecule has 35 heavy (non-hydrogen) atoms. The molecule has 0 radical (unpaired) electrons. The van der Waals surface area contributed by atoms with Crippen LogP contribution in [0.1, 0.15) is 66.2 Å². The van der Waals surface area contributed by atoms with Crippen molar-refractivity contribution in [1.29, 1.82) is 0 Å². The van der Waals surface area contributed by atoms with E-state index in [1.165, 1.54) is 48.5 Å². The van der Waals surface area contributed by atoms with Gasteiger partial charge in [0.05, 0.1) is 17.0 Å². The highest BCUT2D eigenvalue weighted by Gasteiger charge is 2.28. The second kappa shape index (κ2) is 11.9. The van der Waals surface area contributed by atoms with E-state index in [0.717, 1.165) is 0 Å². The van der Waals surface area contributed by atoms with E-state index in [1.54, 1.807) is 6.92 Å². The molecule has 2 aromatic carbocycles. The van der Waals surface area contributed by atoms with Crippen LogP contribution in [0.15, 0.2) is 48.5 Å². The maximum Gasteiger partial charge on any atom is 0.343 e. The molecular weight excluding hydrogens is 456 g/mol. The number of carbonyl (C=O) groups excluding carboxylic acids is 4. The minimum atomic E-state index is -0.822. The van der Waals surface area contributed by atoms with Crippen LogP contribution in [-0.2, 0) is 19.1 Å². The van der Waals surface area contributed by atoms with Crippen LogP contribution >= 0.6 is 0 Å². The number of carboxylic acid groups (broad SMARTS) is 1. The highest BCUT2D eigenvalue weighted by Crippen LogP contribution is 2.27. The summed E-state index contributed by atoms with van der Waals surface area (Å²) >= 11 is 0. The van der Waals surface area contributed by atoms with Crippen LogP contribution in [0, 0.1) is 5.92 Å². The zero-order valence-electron chi connectivity index (χ0n) is 19.2. The average molecular weight is 482 g/mol. The van der Waals surface area contributed by atoms with E-state index in [1.807, 2.05) is 0 Å². The van der Waals surface area contributed by atoms with Crippen LogP contribution in [0.25, 0.3) is 0 Å². The van der Waals surface area contributed by atoms with Gasteiger partial charge < -0.3 is 19.3 Å². The van der Waals surface area contributed by atoms with Crippen LogP contribution in [0.3, 0.4) is 0 Å². The molecule has 0 saturated heterocycles. The fraction of sp³-hybridized carbons (Fsp3) is 0.346. The maximum absolute atomic E-state index is 12.4. The van der Waals surface area contributed by atoms with Crippen molar-refractivity contribution in [3.05, 3.63) is 59.7 Å². The van der Waals surface area contributed by atoms with Gasteiger partial charge in [0.25, 0.3) is 0 Å². The molecular formula is C26H26O9. The Morgan fingerprint density at radius 1 is 0.771 bits per heavy atom. The van der Waals surface area contributed by atoms with Crippen LogP contribution in [0.2, 0.25) is 0 Å². The number of ether oxygens (including phenoxy) is 3. The van der Waals surface area contributed by atoms with Gasteiger partial charge in [-0.2, -0.15) is 0 Å². The molecule has 3 rings (SSSR count). The molecule has 0 atom stereocenters. The van der Waals surface area contributed by atoms with Crippen molar-refractivity contribution < 1.29 is 43.3 Å². The van der Waals surface area contributed by atoms with Gasteiger partial charge in [0.2, 0.25) is 0 Å². The van der Waals surface area contributed by atoms with Gasteiger partial charge >= 0.3 is 23.9 Å². The number of carbonyl (C=O) groups is 5. The zero-order valence-corrected chi connectivity index (χ0v) is 19.2. The summed E-state index contributed by atoms with van der Waals surface area (Å²) in [5.74, 6) is -2.83. The number of carboxylic acids is 1. The highest BCUT2D eigenvalue weighted by atomic mass is 16.5. The van der Waals surface area contributed by atoms with Gasteiger partial charge in [-0.3, -0.25) is 14.4 Å². The Balaban J connectivity index is 1.50. The van der Waals surface area contributed by atoms with Crippen molar-refractivity contribution in [2.75, 3.05) is 0 Å². The SMILES string of the molecule is CCC(=O)CC(=O)Oc1ccc(OC(=O)c2ccc(C(=O)OC3CCC(C(=O)O)CC3)cc2)cc1. The number of ketones is 1. The summed E-state index contributed by atoms with van der Waals surface area (Å²) in [7, 11) is 0. The predicted molar refractivity (Wildman–Crippen MR) is 122 cm³/mol. The lowest BCUT2D eigenvalue weighted by molar-refractivity contribution is -0.143. The third kappa shape index (κ3) is 7.49. The van der Waals surface area contributed by atoms with Gasteiger partial charge in [-0.15, -0.1) is 0 Å². The fourth-order valence-electron chi connectivity index (χ4n) is 3.58. The van der Waals surface area contributed by atoms with E-state index in [-0.39, 0.29) is 47.4 Å². The molecule has 0 amide bonds. The van der Waals surface area contributed by atoms with Gasteiger partial charge in [0.1, 0.15) is 29.8 Å². The quantitative estimate of drug-likeness (QED) is 0.320. The Morgan fingerprint density at radius 3 is 1.80 bits per heavy atom. The average Bonchev–Trinajstić information content (AvgIpc) is 2.85. The normalized spacial score (nSPS) is 17.2. The first-order chi connectivity index (χ1) is 16.7. The smallest absolute Gasteiger partial charge is 0.343 e. The molecule has 1 aliphatic rings. The molecule has 1 saturated carbocycles. The number of Topliss-reactive ketones (excluding diaryl/α,β-unsaturated/α-hetero) is 1. The van der Waals surface area contributed by atoms with Gasteiger partial charge in [-0.1, -0.05) is 6.92 Å². The van der Waals surface area contributed by atoms with Crippen molar-refractivity contribution in [2.45, 2.75) is 51.6 Å². The largest absolute Gasteiger partial charge is 0.481 e. The molecule has 1 fully saturated rings. The van der Waals surface area contributed by atoms with Crippen LogP contribution < -0.4 is 9.47 Å². The Hall–Kier alpha value is -4.01. The van der Waals surface area contributed by atoms with Crippen LogP contribution in [0.5, 0.6) is 11.5 Å². The van der Waals surface area contributed by atoms with E-state index in [4.69, 9.17) is 19.3 Å². The maximum atomic E-state index is 12.4. The van der Waals surface area contributed by atoms with E-state index in [2.05, 4.69) is 0 Å². The predicted octanol–water partition coefficient (Wildman–Crippen LogP) is 3.98. The monoisotopic (exact) mass is 482 g/mol. The molecule has 1 aliphatic carbocycles. The third-order valence-corrected chi connectivity index (χ3v) is 5.66. The summed E-state index contributed by atoms with van der Waals surface area (Å²) < 4.78 is 15.8. The lowest BCUT2D eigenvalue weighted by atomic mass is 9.87. The number of benzene rings is 2. The number of hydrogen-bond donors (Lipinski definition) is 1.